The van der Waals surface area contributed by atoms with E-state index in [1.54, 1.807) is 13.4 Å². The van der Waals surface area contributed by atoms with Gasteiger partial charge in [-0.25, -0.2) is 0 Å². The van der Waals surface area contributed by atoms with E-state index < -0.39 is 0 Å². The van der Waals surface area contributed by atoms with Crippen molar-refractivity contribution in [2.75, 3.05) is 12.6 Å². The molecule has 1 N–H and O–H groups in total. The van der Waals surface area contributed by atoms with Crippen LogP contribution in [-0.4, -0.2) is 7.11 Å². The van der Waals surface area contributed by atoms with Gasteiger partial charge in [-0.05, 0) is 12.1 Å². The Morgan fingerprint density at radius 3 is 3.00 bits per heavy atom. The van der Waals surface area contributed by atoms with Gasteiger partial charge in [0.15, 0.2) is 0 Å². The molecule has 0 saturated heterocycles. The monoisotopic (exact) mass is 163 g/mol. The smallest absolute Gasteiger partial charge is 0.136 e. The number of para-hydroxylation sites is 1. The molecule has 1 heterocycles. The zero-order chi connectivity index (χ0) is 8.39. The van der Waals surface area contributed by atoms with Gasteiger partial charge in [-0.3, -0.25) is 10.3 Å². The van der Waals surface area contributed by atoms with Crippen molar-refractivity contribution < 1.29 is 9.25 Å². The highest BCUT2D eigenvalue weighted by Gasteiger charge is 2.02. The summed E-state index contributed by atoms with van der Waals surface area (Å²) in [6, 6.07) is 7.78. The molecular formula is C9H9NO2. The Labute approximate surface area is 69.9 Å². The SMILES string of the molecule is CONc1coc2ccccc12. The first-order valence-electron chi connectivity index (χ1n) is 3.67. The fraction of sp³-hybridized carbons (Fsp3) is 0.111. The summed E-state index contributed by atoms with van der Waals surface area (Å²) >= 11 is 0. The lowest BCUT2D eigenvalue weighted by Crippen LogP contribution is -1.93. The van der Waals surface area contributed by atoms with Gasteiger partial charge in [0.25, 0.3) is 0 Å². The van der Waals surface area contributed by atoms with E-state index in [9.17, 15) is 0 Å². The molecule has 0 aliphatic heterocycles. The summed E-state index contributed by atoms with van der Waals surface area (Å²) in [5.74, 6) is 0. The minimum Gasteiger partial charge on any atom is -0.462 e. The summed E-state index contributed by atoms with van der Waals surface area (Å²) in [5, 5.41) is 1.03. The van der Waals surface area contributed by atoms with E-state index in [0.717, 1.165) is 16.7 Å². The predicted molar refractivity (Wildman–Crippen MR) is 46.8 cm³/mol. The second kappa shape index (κ2) is 2.87. The normalized spacial score (nSPS) is 10.4. The van der Waals surface area contributed by atoms with Gasteiger partial charge in [0.1, 0.15) is 17.5 Å². The number of rotatable bonds is 2. The molecule has 3 nitrogen and oxygen atoms in total. The maximum Gasteiger partial charge on any atom is 0.136 e. The Hall–Kier alpha value is -1.48. The summed E-state index contributed by atoms with van der Waals surface area (Å²) < 4.78 is 5.26. The molecule has 0 atom stereocenters. The molecular weight excluding hydrogens is 154 g/mol. The highest BCUT2D eigenvalue weighted by Crippen LogP contribution is 2.24. The second-order valence-corrected chi connectivity index (χ2v) is 2.45. The summed E-state index contributed by atoms with van der Waals surface area (Å²) in [7, 11) is 1.57. The molecule has 0 spiro atoms. The van der Waals surface area contributed by atoms with Crippen molar-refractivity contribution in [3.63, 3.8) is 0 Å². The fourth-order valence-corrected chi connectivity index (χ4v) is 1.17. The Balaban J connectivity index is 2.55. The van der Waals surface area contributed by atoms with Crippen LogP contribution in [0.4, 0.5) is 5.69 Å². The van der Waals surface area contributed by atoms with E-state index in [0.29, 0.717) is 0 Å². The molecule has 12 heavy (non-hydrogen) atoms. The van der Waals surface area contributed by atoms with Gasteiger partial charge in [-0.15, -0.1) is 0 Å². The van der Waals surface area contributed by atoms with Crippen molar-refractivity contribution in [1.82, 2.24) is 0 Å². The molecule has 0 amide bonds. The number of hydrogen-bond acceptors (Lipinski definition) is 3. The van der Waals surface area contributed by atoms with Crippen LogP contribution >= 0.6 is 0 Å². The average molecular weight is 163 g/mol. The molecule has 2 rings (SSSR count). The van der Waals surface area contributed by atoms with Crippen LogP contribution in [0.15, 0.2) is 34.9 Å². The fourth-order valence-electron chi connectivity index (χ4n) is 1.17. The zero-order valence-corrected chi connectivity index (χ0v) is 6.70. The first-order chi connectivity index (χ1) is 5.92. The van der Waals surface area contributed by atoms with Crippen molar-refractivity contribution in [3.8, 4) is 0 Å². The number of fused-ring (bicyclic) bond motifs is 1. The van der Waals surface area contributed by atoms with Gasteiger partial charge in [-0.2, -0.15) is 0 Å². The van der Waals surface area contributed by atoms with Crippen LogP contribution in [0.3, 0.4) is 0 Å². The Kier molecular flexibility index (Phi) is 1.72. The lowest BCUT2D eigenvalue weighted by molar-refractivity contribution is 0.271. The maximum absolute atomic E-state index is 5.26. The minimum absolute atomic E-state index is 0.855. The van der Waals surface area contributed by atoms with Crippen molar-refractivity contribution in [3.05, 3.63) is 30.5 Å². The number of benzene rings is 1. The molecule has 0 fully saturated rings. The molecule has 0 radical (unpaired) electrons. The highest BCUT2D eigenvalue weighted by atomic mass is 16.6. The molecule has 0 aliphatic rings. The third-order valence-corrected chi connectivity index (χ3v) is 1.69. The van der Waals surface area contributed by atoms with E-state index in [2.05, 4.69) is 5.48 Å². The van der Waals surface area contributed by atoms with Gasteiger partial charge in [0.05, 0.1) is 7.11 Å². The average Bonchev–Trinajstić information content (AvgIpc) is 2.50. The van der Waals surface area contributed by atoms with Gasteiger partial charge in [0, 0.05) is 5.39 Å². The molecule has 0 saturated carbocycles. The van der Waals surface area contributed by atoms with Gasteiger partial charge in [-0.1, -0.05) is 12.1 Å². The molecule has 0 unspecified atom stereocenters. The number of furan rings is 1. The Morgan fingerprint density at radius 1 is 1.33 bits per heavy atom. The summed E-state index contributed by atoms with van der Waals surface area (Å²) in [6.45, 7) is 0. The van der Waals surface area contributed by atoms with Crippen LogP contribution in [0.5, 0.6) is 0 Å². The van der Waals surface area contributed by atoms with Crippen molar-refractivity contribution in [2.45, 2.75) is 0 Å². The van der Waals surface area contributed by atoms with E-state index in [4.69, 9.17) is 9.25 Å². The van der Waals surface area contributed by atoms with Crippen LogP contribution in [0.1, 0.15) is 0 Å². The zero-order valence-electron chi connectivity index (χ0n) is 6.70. The van der Waals surface area contributed by atoms with Crippen molar-refractivity contribution in [2.24, 2.45) is 0 Å². The minimum atomic E-state index is 0.855. The van der Waals surface area contributed by atoms with Crippen LogP contribution < -0.4 is 5.48 Å². The van der Waals surface area contributed by atoms with Gasteiger partial charge >= 0.3 is 0 Å². The summed E-state index contributed by atoms with van der Waals surface area (Å²) in [4.78, 5) is 4.78. The van der Waals surface area contributed by atoms with Crippen LogP contribution in [0, 0.1) is 0 Å². The Bertz CT molecular complexity index is 381. The van der Waals surface area contributed by atoms with Crippen molar-refractivity contribution >= 4 is 16.7 Å². The highest BCUT2D eigenvalue weighted by molar-refractivity contribution is 5.89. The molecule has 0 bridgehead atoms. The quantitative estimate of drug-likeness (QED) is 0.690. The number of hydrogen-bond donors (Lipinski definition) is 1. The molecule has 2 aromatic rings. The first-order valence-corrected chi connectivity index (χ1v) is 3.67. The number of anilines is 1. The third-order valence-electron chi connectivity index (χ3n) is 1.69. The standard InChI is InChI=1S/C9H9NO2/c1-11-10-8-6-12-9-5-3-2-4-7(8)9/h2-6,10H,1H3. The topological polar surface area (TPSA) is 34.4 Å². The van der Waals surface area contributed by atoms with E-state index >= 15 is 0 Å². The van der Waals surface area contributed by atoms with E-state index in [-0.39, 0.29) is 0 Å². The molecule has 3 heteroatoms. The van der Waals surface area contributed by atoms with Crippen molar-refractivity contribution in [1.29, 1.82) is 0 Å². The summed E-state index contributed by atoms with van der Waals surface area (Å²) in [6.07, 6.45) is 1.63. The van der Waals surface area contributed by atoms with E-state index in [1.807, 2.05) is 24.3 Å². The molecule has 1 aromatic carbocycles. The van der Waals surface area contributed by atoms with E-state index in [1.165, 1.54) is 0 Å². The largest absolute Gasteiger partial charge is 0.462 e. The Morgan fingerprint density at radius 2 is 2.17 bits per heavy atom. The van der Waals surface area contributed by atoms with Crippen LogP contribution in [0.2, 0.25) is 0 Å². The van der Waals surface area contributed by atoms with Crippen LogP contribution in [-0.2, 0) is 4.84 Å². The first kappa shape index (κ1) is 7.18. The van der Waals surface area contributed by atoms with Gasteiger partial charge < -0.3 is 4.42 Å². The lowest BCUT2D eigenvalue weighted by Gasteiger charge is -1.97. The summed E-state index contributed by atoms with van der Waals surface area (Å²) in [5.41, 5.74) is 4.45. The molecule has 62 valence electrons. The maximum atomic E-state index is 5.26. The molecule has 0 aliphatic carbocycles. The lowest BCUT2D eigenvalue weighted by atomic mass is 10.2. The predicted octanol–water partition coefficient (Wildman–Crippen LogP) is 2.41. The molecule has 1 aromatic heterocycles. The van der Waals surface area contributed by atoms with Crippen LogP contribution in [0.25, 0.3) is 11.0 Å². The number of nitrogens with one attached hydrogen (secondary N) is 1. The third kappa shape index (κ3) is 1.04. The van der Waals surface area contributed by atoms with Gasteiger partial charge in [0.2, 0.25) is 0 Å². The second-order valence-electron chi connectivity index (χ2n) is 2.45.